The topological polar surface area (TPSA) is 83.9 Å². The molecule has 1 N–H and O–H groups in total. The Bertz CT molecular complexity index is 583. The van der Waals surface area contributed by atoms with Crippen molar-refractivity contribution in [2.75, 3.05) is 26.8 Å². The standard InChI is InChI=1S/C14H21NO5S/c1-11(2)10-15(8-9-20-3)21(18,19)13-7-5-4-6-12(13)14(16)17/h4-7,11H,8-10H2,1-3H3,(H,16,17). The second-order valence-corrected chi connectivity index (χ2v) is 6.96. The Hall–Kier alpha value is -1.44. The lowest BCUT2D eigenvalue weighted by atomic mass is 10.2. The van der Waals surface area contributed by atoms with Gasteiger partial charge < -0.3 is 9.84 Å². The van der Waals surface area contributed by atoms with Gasteiger partial charge in [-0.1, -0.05) is 26.0 Å². The molecule has 21 heavy (non-hydrogen) atoms. The van der Waals surface area contributed by atoms with Crippen molar-refractivity contribution < 1.29 is 23.1 Å². The van der Waals surface area contributed by atoms with Crippen molar-refractivity contribution in [3.63, 3.8) is 0 Å². The zero-order valence-corrected chi connectivity index (χ0v) is 13.3. The molecule has 0 spiro atoms. The summed E-state index contributed by atoms with van der Waals surface area (Å²) in [6.07, 6.45) is 0. The van der Waals surface area contributed by atoms with Crippen molar-refractivity contribution in [2.24, 2.45) is 5.92 Å². The first-order valence-electron chi connectivity index (χ1n) is 6.62. The van der Waals surface area contributed by atoms with Gasteiger partial charge in [-0.05, 0) is 18.1 Å². The Balaban J connectivity index is 3.25. The number of sulfonamides is 1. The minimum Gasteiger partial charge on any atom is -0.478 e. The molecule has 0 aliphatic heterocycles. The maximum absolute atomic E-state index is 12.7. The summed E-state index contributed by atoms with van der Waals surface area (Å²) in [5, 5.41) is 9.16. The molecule has 0 aromatic heterocycles. The predicted molar refractivity (Wildman–Crippen MR) is 78.9 cm³/mol. The maximum atomic E-state index is 12.7. The number of nitrogens with zero attached hydrogens (tertiary/aromatic N) is 1. The zero-order valence-electron chi connectivity index (χ0n) is 12.4. The van der Waals surface area contributed by atoms with Gasteiger partial charge in [0.2, 0.25) is 10.0 Å². The average molecular weight is 315 g/mol. The zero-order chi connectivity index (χ0) is 16.0. The monoisotopic (exact) mass is 315 g/mol. The van der Waals surface area contributed by atoms with Crippen LogP contribution in [0.1, 0.15) is 24.2 Å². The summed E-state index contributed by atoms with van der Waals surface area (Å²) < 4.78 is 31.6. The fourth-order valence-electron chi connectivity index (χ4n) is 1.92. The molecule has 0 aliphatic rings. The summed E-state index contributed by atoms with van der Waals surface area (Å²) in [7, 11) is -2.38. The summed E-state index contributed by atoms with van der Waals surface area (Å²) in [6.45, 7) is 4.54. The highest BCUT2D eigenvalue weighted by atomic mass is 32.2. The Morgan fingerprint density at radius 1 is 1.33 bits per heavy atom. The Morgan fingerprint density at radius 3 is 2.48 bits per heavy atom. The third kappa shape index (κ3) is 4.52. The molecule has 0 unspecified atom stereocenters. The van der Waals surface area contributed by atoms with E-state index in [1.54, 1.807) is 0 Å². The number of aromatic carboxylic acids is 1. The van der Waals surface area contributed by atoms with Crippen LogP contribution in [-0.4, -0.2) is 50.6 Å². The van der Waals surface area contributed by atoms with Crippen LogP contribution in [0.3, 0.4) is 0 Å². The number of carboxylic acids is 1. The first kappa shape index (κ1) is 17.6. The molecule has 0 radical (unpaired) electrons. The third-order valence-electron chi connectivity index (χ3n) is 2.85. The third-order valence-corrected chi connectivity index (χ3v) is 4.77. The number of hydrogen-bond acceptors (Lipinski definition) is 4. The second kappa shape index (κ2) is 7.53. The molecule has 7 heteroatoms. The molecule has 0 saturated heterocycles. The maximum Gasteiger partial charge on any atom is 0.337 e. The quantitative estimate of drug-likeness (QED) is 0.789. The van der Waals surface area contributed by atoms with Gasteiger partial charge in [-0.2, -0.15) is 4.31 Å². The molecule has 0 fully saturated rings. The Morgan fingerprint density at radius 2 is 1.95 bits per heavy atom. The van der Waals surface area contributed by atoms with Crippen LogP contribution < -0.4 is 0 Å². The minimum atomic E-state index is -3.87. The largest absolute Gasteiger partial charge is 0.478 e. The van der Waals surface area contributed by atoms with Gasteiger partial charge in [0.05, 0.1) is 17.1 Å². The summed E-state index contributed by atoms with van der Waals surface area (Å²) in [6, 6.07) is 5.63. The van der Waals surface area contributed by atoms with Crippen molar-refractivity contribution in [1.82, 2.24) is 4.31 Å². The number of rotatable bonds is 8. The highest BCUT2D eigenvalue weighted by Gasteiger charge is 2.28. The van der Waals surface area contributed by atoms with Crippen molar-refractivity contribution in [2.45, 2.75) is 18.7 Å². The lowest BCUT2D eigenvalue weighted by Crippen LogP contribution is -2.37. The van der Waals surface area contributed by atoms with E-state index in [4.69, 9.17) is 9.84 Å². The van der Waals surface area contributed by atoms with Crippen molar-refractivity contribution in [3.05, 3.63) is 29.8 Å². The molecule has 1 rings (SSSR count). The molecule has 0 amide bonds. The molecule has 6 nitrogen and oxygen atoms in total. The minimum absolute atomic E-state index is 0.119. The van der Waals surface area contributed by atoms with Crippen molar-refractivity contribution in [3.8, 4) is 0 Å². The summed E-state index contributed by atoms with van der Waals surface area (Å²) in [4.78, 5) is 11.0. The van der Waals surface area contributed by atoms with Gasteiger partial charge in [0.1, 0.15) is 0 Å². The number of hydrogen-bond donors (Lipinski definition) is 1. The van der Waals surface area contributed by atoms with Crippen molar-refractivity contribution in [1.29, 1.82) is 0 Å². The summed E-state index contributed by atoms with van der Waals surface area (Å²) >= 11 is 0. The van der Waals surface area contributed by atoms with Gasteiger partial charge in [0.15, 0.2) is 0 Å². The van der Waals surface area contributed by atoms with Gasteiger partial charge >= 0.3 is 5.97 Å². The van der Waals surface area contributed by atoms with Gasteiger partial charge in [-0.15, -0.1) is 0 Å². The van der Waals surface area contributed by atoms with Gasteiger partial charge in [0.25, 0.3) is 0 Å². The molecule has 118 valence electrons. The van der Waals surface area contributed by atoms with E-state index >= 15 is 0 Å². The van der Waals surface area contributed by atoms with Crippen LogP contribution in [0.15, 0.2) is 29.2 Å². The summed E-state index contributed by atoms with van der Waals surface area (Å²) in [5.74, 6) is -1.14. The smallest absolute Gasteiger partial charge is 0.337 e. The fourth-order valence-corrected chi connectivity index (χ4v) is 3.69. The van der Waals surface area contributed by atoms with Crippen LogP contribution in [0.4, 0.5) is 0 Å². The van der Waals surface area contributed by atoms with Crippen LogP contribution in [0, 0.1) is 5.92 Å². The number of carboxylic acid groups (broad SMARTS) is 1. The second-order valence-electron chi connectivity index (χ2n) is 5.05. The van der Waals surface area contributed by atoms with E-state index in [0.717, 1.165) is 0 Å². The highest BCUT2D eigenvalue weighted by molar-refractivity contribution is 7.89. The van der Waals surface area contributed by atoms with Crippen LogP contribution in [0.5, 0.6) is 0 Å². The highest BCUT2D eigenvalue weighted by Crippen LogP contribution is 2.21. The van der Waals surface area contributed by atoms with Crippen LogP contribution in [0.25, 0.3) is 0 Å². The molecular weight excluding hydrogens is 294 g/mol. The molecule has 0 bridgehead atoms. The number of benzene rings is 1. The molecule has 1 aromatic rings. The lowest BCUT2D eigenvalue weighted by molar-refractivity contribution is 0.0692. The Labute approximate surface area is 125 Å². The number of ether oxygens (including phenoxy) is 1. The van der Waals surface area contributed by atoms with Crippen molar-refractivity contribution >= 4 is 16.0 Å². The van der Waals surface area contributed by atoms with Gasteiger partial charge in [-0.25, -0.2) is 13.2 Å². The van der Waals surface area contributed by atoms with Gasteiger partial charge in [-0.3, -0.25) is 0 Å². The first-order chi connectivity index (χ1) is 9.80. The molecule has 0 heterocycles. The molecular formula is C14H21NO5S. The van der Waals surface area contributed by atoms with E-state index in [1.807, 2.05) is 13.8 Å². The van der Waals surface area contributed by atoms with Gasteiger partial charge in [0, 0.05) is 20.2 Å². The average Bonchev–Trinajstić information content (AvgIpc) is 2.42. The summed E-state index contributed by atoms with van der Waals surface area (Å²) in [5.41, 5.74) is -0.219. The first-order valence-corrected chi connectivity index (χ1v) is 8.06. The SMILES string of the molecule is COCCN(CC(C)C)S(=O)(=O)c1ccccc1C(=O)O. The number of methoxy groups -OCH3 is 1. The lowest BCUT2D eigenvalue weighted by Gasteiger charge is -2.24. The van der Waals surface area contributed by atoms with E-state index in [2.05, 4.69) is 0 Å². The van der Waals surface area contributed by atoms with E-state index in [0.29, 0.717) is 6.54 Å². The normalized spacial score (nSPS) is 12.0. The fraction of sp³-hybridized carbons (Fsp3) is 0.500. The molecule has 1 aromatic carbocycles. The van der Waals surface area contributed by atoms with Crippen LogP contribution in [0.2, 0.25) is 0 Å². The van der Waals surface area contributed by atoms with E-state index in [-0.39, 0.29) is 29.5 Å². The molecule has 0 atom stereocenters. The van der Waals surface area contributed by atoms with Crippen LogP contribution in [-0.2, 0) is 14.8 Å². The Kier molecular flexibility index (Phi) is 6.32. The van der Waals surface area contributed by atoms with E-state index in [9.17, 15) is 13.2 Å². The predicted octanol–water partition coefficient (Wildman–Crippen LogP) is 1.68. The molecule has 0 aliphatic carbocycles. The molecule has 0 saturated carbocycles. The van der Waals surface area contributed by atoms with E-state index < -0.39 is 16.0 Å². The van der Waals surface area contributed by atoms with Crippen LogP contribution >= 0.6 is 0 Å². The van der Waals surface area contributed by atoms with E-state index in [1.165, 1.54) is 35.7 Å². The number of carbonyl (C=O) groups is 1.